The molecule has 0 atom stereocenters. The third-order valence-electron chi connectivity index (χ3n) is 2.35. The lowest BCUT2D eigenvalue weighted by Gasteiger charge is -2.04. The van der Waals surface area contributed by atoms with Gasteiger partial charge in [0.1, 0.15) is 23.9 Å². The molecule has 0 aliphatic heterocycles. The molecule has 2 aromatic rings. The van der Waals surface area contributed by atoms with Gasteiger partial charge in [-0.25, -0.2) is 9.97 Å². The van der Waals surface area contributed by atoms with Crippen molar-refractivity contribution in [1.29, 1.82) is 0 Å². The molecule has 6 heteroatoms. The van der Waals surface area contributed by atoms with Crippen molar-refractivity contribution in [3.05, 3.63) is 47.4 Å². The number of halogens is 3. The number of aromatic nitrogens is 2. The summed E-state index contributed by atoms with van der Waals surface area (Å²) < 4.78 is 42.8. The van der Waals surface area contributed by atoms with Gasteiger partial charge < -0.3 is 4.42 Å². The standard InChI is InChI=1S/C12H9F3N2O/c1-8-10(11(6-18-8)12(13,14)15)3-2-9-4-5-16-7-17-9/h2-7H,1H3/b3-2+. The molecule has 3 nitrogen and oxygen atoms in total. The highest BCUT2D eigenvalue weighted by Crippen LogP contribution is 2.35. The topological polar surface area (TPSA) is 38.9 Å². The zero-order valence-electron chi connectivity index (χ0n) is 9.40. The summed E-state index contributed by atoms with van der Waals surface area (Å²) in [5.74, 6) is 0.215. The van der Waals surface area contributed by atoms with Crippen LogP contribution in [0.2, 0.25) is 0 Å². The van der Waals surface area contributed by atoms with Gasteiger partial charge in [-0.1, -0.05) is 0 Å². The van der Waals surface area contributed by atoms with Crippen LogP contribution in [0.5, 0.6) is 0 Å². The van der Waals surface area contributed by atoms with Crippen LogP contribution in [-0.4, -0.2) is 9.97 Å². The average molecular weight is 254 g/mol. The second kappa shape index (κ2) is 4.64. The minimum Gasteiger partial charge on any atom is -0.468 e. The van der Waals surface area contributed by atoms with Gasteiger partial charge in [0.25, 0.3) is 0 Å². The lowest BCUT2D eigenvalue weighted by molar-refractivity contribution is -0.138. The number of alkyl halides is 3. The molecule has 0 aliphatic rings. The van der Waals surface area contributed by atoms with Crippen molar-refractivity contribution in [1.82, 2.24) is 9.97 Å². The maximum Gasteiger partial charge on any atom is 0.420 e. The minimum absolute atomic E-state index is 0.0149. The van der Waals surface area contributed by atoms with E-state index in [1.54, 1.807) is 6.07 Å². The summed E-state index contributed by atoms with van der Waals surface area (Å²) in [6.45, 7) is 1.48. The predicted octanol–water partition coefficient (Wildman–Crippen LogP) is 3.57. The summed E-state index contributed by atoms with van der Waals surface area (Å²) in [6.07, 6.45) is 1.95. The molecule has 0 saturated carbocycles. The molecule has 0 amide bonds. The van der Waals surface area contributed by atoms with Gasteiger partial charge in [0.2, 0.25) is 0 Å². The van der Waals surface area contributed by atoms with Gasteiger partial charge in [0, 0.05) is 11.8 Å². The van der Waals surface area contributed by atoms with Gasteiger partial charge in [0.05, 0.1) is 5.69 Å². The molecule has 0 saturated heterocycles. The van der Waals surface area contributed by atoms with Gasteiger partial charge in [-0.3, -0.25) is 0 Å². The van der Waals surface area contributed by atoms with E-state index in [1.807, 2.05) is 0 Å². The van der Waals surface area contributed by atoms with Gasteiger partial charge in [0.15, 0.2) is 0 Å². The first-order chi connectivity index (χ1) is 8.48. The summed E-state index contributed by atoms with van der Waals surface area (Å²) in [6, 6.07) is 1.60. The second-order valence-electron chi connectivity index (χ2n) is 3.58. The summed E-state index contributed by atoms with van der Waals surface area (Å²) in [4.78, 5) is 7.61. The Balaban J connectivity index is 2.35. The molecule has 0 aliphatic carbocycles. The first-order valence-electron chi connectivity index (χ1n) is 5.08. The number of furan rings is 1. The SMILES string of the molecule is Cc1occ(C(F)(F)F)c1/C=C/c1ccncn1. The van der Waals surface area contributed by atoms with E-state index >= 15 is 0 Å². The van der Waals surface area contributed by atoms with Gasteiger partial charge in [-0.15, -0.1) is 0 Å². The van der Waals surface area contributed by atoms with E-state index in [9.17, 15) is 13.2 Å². The lowest BCUT2D eigenvalue weighted by Crippen LogP contribution is -2.05. The molecule has 0 radical (unpaired) electrons. The number of aryl methyl sites for hydroxylation is 1. The van der Waals surface area contributed by atoms with Crippen LogP contribution in [0.4, 0.5) is 13.2 Å². The zero-order valence-corrected chi connectivity index (χ0v) is 9.40. The van der Waals surface area contributed by atoms with Crippen LogP contribution in [0.3, 0.4) is 0 Å². The molecule has 18 heavy (non-hydrogen) atoms. The summed E-state index contributed by atoms with van der Waals surface area (Å²) >= 11 is 0. The zero-order chi connectivity index (χ0) is 13.2. The molecule has 2 heterocycles. The van der Waals surface area contributed by atoms with Crippen LogP contribution in [-0.2, 0) is 6.18 Å². The smallest absolute Gasteiger partial charge is 0.420 e. The van der Waals surface area contributed by atoms with E-state index < -0.39 is 11.7 Å². The molecule has 94 valence electrons. The monoisotopic (exact) mass is 254 g/mol. The molecule has 0 fully saturated rings. The number of hydrogen-bond acceptors (Lipinski definition) is 3. The van der Waals surface area contributed by atoms with E-state index in [-0.39, 0.29) is 11.3 Å². The summed E-state index contributed by atoms with van der Waals surface area (Å²) in [7, 11) is 0. The molecule has 0 unspecified atom stereocenters. The van der Waals surface area contributed by atoms with E-state index in [1.165, 1.54) is 31.6 Å². The fraction of sp³-hybridized carbons (Fsp3) is 0.167. The van der Waals surface area contributed by atoms with Crippen molar-refractivity contribution in [2.75, 3.05) is 0 Å². The fourth-order valence-electron chi connectivity index (χ4n) is 1.46. The van der Waals surface area contributed by atoms with Crippen LogP contribution >= 0.6 is 0 Å². The van der Waals surface area contributed by atoms with Crippen molar-refractivity contribution in [2.45, 2.75) is 13.1 Å². The van der Waals surface area contributed by atoms with Crippen LogP contribution in [0.25, 0.3) is 12.2 Å². The summed E-state index contributed by atoms with van der Waals surface area (Å²) in [5, 5.41) is 0. The molecule has 0 bridgehead atoms. The van der Waals surface area contributed by atoms with E-state index in [0.29, 0.717) is 5.69 Å². The Kier molecular flexibility index (Phi) is 3.18. The number of rotatable bonds is 2. The largest absolute Gasteiger partial charge is 0.468 e. The van der Waals surface area contributed by atoms with Crippen LogP contribution < -0.4 is 0 Å². The number of nitrogens with zero attached hydrogens (tertiary/aromatic N) is 2. The highest BCUT2D eigenvalue weighted by Gasteiger charge is 2.35. The average Bonchev–Trinajstić information content (AvgIpc) is 2.69. The maximum absolute atomic E-state index is 12.7. The van der Waals surface area contributed by atoms with E-state index in [2.05, 4.69) is 9.97 Å². The van der Waals surface area contributed by atoms with E-state index in [4.69, 9.17) is 4.42 Å². The second-order valence-corrected chi connectivity index (χ2v) is 3.58. The number of hydrogen-bond donors (Lipinski definition) is 0. The molecule has 0 N–H and O–H groups in total. The molecular weight excluding hydrogens is 245 g/mol. The molecular formula is C12H9F3N2O. The predicted molar refractivity (Wildman–Crippen MR) is 59.4 cm³/mol. The van der Waals surface area contributed by atoms with Gasteiger partial charge >= 0.3 is 6.18 Å². The minimum atomic E-state index is -4.43. The molecule has 2 aromatic heterocycles. The van der Waals surface area contributed by atoms with Crippen LogP contribution in [0.15, 0.2) is 29.3 Å². The molecule has 0 spiro atoms. The Labute approximate surface area is 101 Å². The Morgan fingerprint density at radius 3 is 2.67 bits per heavy atom. The molecule has 0 aromatic carbocycles. The third-order valence-corrected chi connectivity index (χ3v) is 2.35. The highest BCUT2D eigenvalue weighted by molar-refractivity contribution is 5.70. The normalized spacial score (nSPS) is 12.2. The highest BCUT2D eigenvalue weighted by atomic mass is 19.4. The van der Waals surface area contributed by atoms with Crippen molar-refractivity contribution in [2.24, 2.45) is 0 Å². The van der Waals surface area contributed by atoms with Crippen LogP contribution in [0.1, 0.15) is 22.6 Å². The Hall–Kier alpha value is -2.11. The first kappa shape index (κ1) is 12.3. The van der Waals surface area contributed by atoms with Gasteiger partial charge in [-0.2, -0.15) is 13.2 Å². The van der Waals surface area contributed by atoms with Crippen molar-refractivity contribution in [3.8, 4) is 0 Å². The van der Waals surface area contributed by atoms with Crippen molar-refractivity contribution in [3.63, 3.8) is 0 Å². The fourth-order valence-corrected chi connectivity index (χ4v) is 1.46. The van der Waals surface area contributed by atoms with Crippen LogP contribution in [0, 0.1) is 6.92 Å². The van der Waals surface area contributed by atoms with E-state index in [0.717, 1.165) is 6.26 Å². The third kappa shape index (κ3) is 2.58. The summed E-state index contributed by atoms with van der Waals surface area (Å²) in [5.41, 5.74) is -0.245. The maximum atomic E-state index is 12.7. The Morgan fingerprint density at radius 1 is 1.28 bits per heavy atom. The first-order valence-corrected chi connectivity index (χ1v) is 5.08. The van der Waals surface area contributed by atoms with Gasteiger partial charge in [-0.05, 0) is 25.1 Å². The Morgan fingerprint density at radius 2 is 2.06 bits per heavy atom. The van der Waals surface area contributed by atoms with Crippen molar-refractivity contribution < 1.29 is 17.6 Å². The molecule has 2 rings (SSSR count). The Bertz CT molecular complexity index is 558. The quantitative estimate of drug-likeness (QED) is 0.822. The lowest BCUT2D eigenvalue weighted by atomic mass is 10.1. The van der Waals surface area contributed by atoms with Crippen molar-refractivity contribution >= 4 is 12.2 Å².